The van der Waals surface area contributed by atoms with E-state index in [2.05, 4.69) is 30.7 Å². The van der Waals surface area contributed by atoms with E-state index < -0.39 is 0 Å². The number of aryl methyl sites for hydroxylation is 1. The molecule has 0 aliphatic rings. The zero-order valence-electron chi connectivity index (χ0n) is 10.7. The van der Waals surface area contributed by atoms with Crippen LogP contribution in [0, 0.1) is 6.92 Å². The van der Waals surface area contributed by atoms with Crippen LogP contribution in [0.4, 0.5) is 0 Å². The number of aromatic nitrogens is 2. The Morgan fingerprint density at radius 2 is 1.71 bits per heavy atom. The third-order valence-electron chi connectivity index (χ3n) is 2.74. The minimum Gasteiger partial charge on any atom is -0.508 e. The molecule has 0 saturated carbocycles. The number of imidazole rings is 1. The van der Waals surface area contributed by atoms with Crippen molar-refractivity contribution >= 4 is 0 Å². The van der Waals surface area contributed by atoms with Crippen molar-refractivity contribution < 1.29 is 5.11 Å². The van der Waals surface area contributed by atoms with Crippen molar-refractivity contribution in [2.75, 3.05) is 0 Å². The zero-order chi connectivity index (χ0) is 12.6. The van der Waals surface area contributed by atoms with Crippen molar-refractivity contribution in [3.05, 3.63) is 35.8 Å². The molecule has 0 aliphatic heterocycles. The number of nitrogens with one attached hydrogen (secondary N) is 1. The molecule has 1 aromatic heterocycles. The smallest absolute Gasteiger partial charge is 0.115 e. The molecule has 0 saturated heterocycles. The zero-order valence-corrected chi connectivity index (χ0v) is 10.7. The van der Waals surface area contributed by atoms with Crippen molar-refractivity contribution in [2.45, 2.75) is 33.1 Å². The summed E-state index contributed by atoms with van der Waals surface area (Å²) in [5, 5.41) is 9.28. The van der Waals surface area contributed by atoms with E-state index in [0.717, 1.165) is 22.8 Å². The Labute approximate surface area is 102 Å². The van der Waals surface area contributed by atoms with Crippen molar-refractivity contribution in [1.29, 1.82) is 0 Å². The number of nitrogens with zero attached hydrogens (tertiary/aromatic N) is 1. The molecule has 0 aliphatic carbocycles. The highest BCUT2D eigenvalue weighted by Crippen LogP contribution is 2.27. The van der Waals surface area contributed by atoms with Crippen LogP contribution in [0.3, 0.4) is 0 Å². The summed E-state index contributed by atoms with van der Waals surface area (Å²) in [6.45, 7) is 8.41. The summed E-state index contributed by atoms with van der Waals surface area (Å²) in [4.78, 5) is 7.97. The van der Waals surface area contributed by atoms with Crippen molar-refractivity contribution in [1.82, 2.24) is 9.97 Å². The molecule has 3 nitrogen and oxygen atoms in total. The van der Waals surface area contributed by atoms with Crippen LogP contribution < -0.4 is 0 Å². The number of hydrogen-bond acceptors (Lipinski definition) is 2. The topological polar surface area (TPSA) is 48.9 Å². The summed E-state index contributed by atoms with van der Waals surface area (Å²) in [5.74, 6) is 1.26. The van der Waals surface area contributed by atoms with Gasteiger partial charge in [0.15, 0.2) is 0 Å². The summed E-state index contributed by atoms with van der Waals surface area (Å²) >= 11 is 0. The van der Waals surface area contributed by atoms with Crippen molar-refractivity contribution in [3.63, 3.8) is 0 Å². The van der Waals surface area contributed by atoms with Crippen LogP contribution in [-0.2, 0) is 5.41 Å². The highest BCUT2D eigenvalue weighted by Gasteiger charge is 2.19. The van der Waals surface area contributed by atoms with E-state index >= 15 is 0 Å². The molecule has 90 valence electrons. The Kier molecular flexibility index (Phi) is 2.69. The van der Waals surface area contributed by atoms with Gasteiger partial charge in [-0.05, 0) is 31.2 Å². The fourth-order valence-electron chi connectivity index (χ4n) is 1.72. The van der Waals surface area contributed by atoms with Gasteiger partial charge in [0.05, 0.1) is 5.69 Å². The maximum Gasteiger partial charge on any atom is 0.115 e. The largest absolute Gasteiger partial charge is 0.508 e. The lowest BCUT2D eigenvalue weighted by Crippen LogP contribution is -2.13. The normalized spacial score (nSPS) is 11.8. The van der Waals surface area contributed by atoms with E-state index in [0.29, 0.717) is 0 Å². The van der Waals surface area contributed by atoms with Gasteiger partial charge in [-0.2, -0.15) is 0 Å². The molecule has 0 atom stereocenters. The highest BCUT2D eigenvalue weighted by molar-refractivity contribution is 5.62. The SMILES string of the molecule is Cc1[nH]c(C(C)(C)C)nc1-c1ccc(O)cc1. The lowest BCUT2D eigenvalue weighted by atomic mass is 9.96. The number of benzene rings is 1. The molecule has 0 amide bonds. The fraction of sp³-hybridized carbons (Fsp3) is 0.357. The first-order valence-corrected chi connectivity index (χ1v) is 5.74. The second-order valence-corrected chi connectivity index (χ2v) is 5.36. The molecule has 1 heterocycles. The molecule has 0 unspecified atom stereocenters. The maximum atomic E-state index is 9.28. The summed E-state index contributed by atoms with van der Waals surface area (Å²) in [6.07, 6.45) is 0. The van der Waals surface area contributed by atoms with Gasteiger partial charge in [0.2, 0.25) is 0 Å². The molecule has 3 heteroatoms. The quantitative estimate of drug-likeness (QED) is 0.789. The van der Waals surface area contributed by atoms with Gasteiger partial charge < -0.3 is 10.1 Å². The van der Waals surface area contributed by atoms with Crippen LogP contribution in [-0.4, -0.2) is 15.1 Å². The predicted octanol–water partition coefficient (Wildman–Crippen LogP) is 3.39. The Balaban J connectivity index is 2.46. The van der Waals surface area contributed by atoms with Gasteiger partial charge in [0.25, 0.3) is 0 Å². The van der Waals surface area contributed by atoms with E-state index in [1.807, 2.05) is 19.1 Å². The number of aromatic amines is 1. The Morgan fingerprint density at radius 3 is 2.18 bits per heavy atom. The maximum absolute atomic E-state index is 9.28. The third-order valence-corrected chi connectivity index (χ3v) is 2.74. The first-order valence-electron chi connectivity index (χ1n) is 5.74. The second-order valence-electron chi connectivity index (χ2n) is 5.36. The minimum atomic E-state index is 0.0138. The molecule has 0 radical (unpaired) electrons. The Morgan fingerprint density at radius 1 is 1.12 bits per heavy atom. The average molecular weight is 230 g/mol. The standard InChI is InChI=1S/C14H18N2O/c1-9-12(10-5-7-11(17)8-6-10)16-13(15-9)14(2,3)4/h5-8,17H,1-4H3,(H,15,16). The molecule has 0 fully saturated rings. The second kappa shape index (κ2) is 3.91. The van der Waals surface area contributed by atoms with E-state index in [9.17, 15) is 5.11 Å². The van der Waals surface area contributed by atoms with Crippen LogP contribution >= 0.6 is 0 Å². The molecular formula is C14H18N2O. The lowest BCUT2D eigenvalue weighted by Gasteiger charge is -2.13. The molecule has 1 aromatic carbocycles. The van der Waals surface area contributed by atoms with E-state index in [1.54, 1.807) is 12.1 Å². The van der Waals surface area contributed by atoms with Crippen LogP contribution in [0.2, 0.25) is 0 Å². The van der Waals surface area contributed by atoms with Crippen molar-refractivity contribution in [2.24, 2.45) is 0 Å². The lowest BCUT2D eigenvalue weighted by molar-refractivity contribution is 0.475. The predicted molar refractivity (Wildman–Crippen MR) is 69.1 cm³/mol. The molecule has 2 aromatic rings. The van der Waals surface area contributed by atoms with Crippen LogP contribution in [0.1, 0.15) is 32.3 Å². The molecule has 2 N–H and O–H groups in total. The number of H-pyrrole nitrogens is 1. The summed E-state index contributed by atoms with van der Waals surface area (Å²) in [6, 6.07) is 7.12. The number of aromatic hydroxyl groups is 1. The van der Waals surface area contributed by atoms with Crippen LogP contribution in [0.15, 0.2) is 24.3 Å². The number of hydrogen-bond donors (Lipinski definition) is 2. The first kappa shape index (κ1) is 11.7. The van der Waals surface area contributed by atoms with E-state index in [4.69, 9.17) is 0 Å². The number of phenolic OH excluding ortho intramolecular Hbond substituents is 1. The third kappa shape index (κ3) is 2.33. The van der Waals surface area contributed by atoms with E-state index in [1.165, 1.54) is 0 Å². The number of phenols is 1. The van der Waals surface area contributed by atoms with Crippen molar-refractivity contribution in [3.8, 4) is 17.0 Å². The molecule has 0 spiro atoms. The van der Waals surface area contributed by atoms with Gasteiger partial charge in [0.1, 0.15) is 11.6 Å². The van der Waals surface area contributed by atoms with Gasteiger partial charge in [0, 0.05) is 16.7 Å². The highest BCUT2D eigenvalue weighted by atomic mass is 16.3. The average Bonchev–Trinajstić information content (AvgIpc) is 2.61. The molecular weight excluding hydrogens is 212 g/mol. The molecule has 2 rings (SSSR count). The Bertz CT molecular complexity index is 518. The van der Waals surface area contributed by atoms with Gasteiger partial charge in [-0.1, -0.05) is 20.8 Å². The first-order chi connectivity index (χ1) is 7.88. The van der Waals surface area contributed by atoms with Gasteiger partial charge >= 0.3 is 0 Å². The molecule has 17 heavy (non-hydrogen) atoms. The van der Waals surface area contributed by atoms with Gasteiger partial charge in [-0.15, -0.1) is 0 Å². The fourth-order valence-corrected chi connectivity index (χ4v) is 1.72. The monoisotopic (exact) mass is 230 g/mol. The van der Waals surface area contributed by atoms with E-state index in [-0.39, 0.29) is 11.2 Å². The van der Waals surface area contributed by atoms with Crippen LogP contribution in [0.25, 0.3) is 11.3 Å². The van der Waals surface area contributed by atoms with Gasteiger partial charge in [-0.3, -0.25) is 0 Å². The summed E-state index contributed by atoms with van der Waals surface area (Å²) in [7, 11) is 0. The summed E-state index contributed by atoms with van der Waals surface area (Å²) < 4.78 is 0. The van der Waals surface area contributed by atoms with Gasteiger partial charge in [-0.25, -0.2) is 4.98 Å². The van der Waals surface area contributed by atoms with Crippen LogP contribution in [0.5, 0.6) is 5.75 Å². The summed E-state index contributed by atoms with van der Waals surface area (Å²) in [5.41, 5.74) is 3.04. The Hall–Kier alpha value is -1.77. The molecule has 0 bridgehead atoms. The minimum absolute atomic E-state index is 0.0138. The number of rotatable bonds is 1.